The second-order valence-electron chi connectivity index (χ2n) is 9.70. The van der Waals surface area contributed by atoms with Crippen molar-refractivity contribution >= 4 is 16.8 Å². The molecule has 34 heavy (non-hydrogen) atoms. The Morgan fingerprint density at radius 1 is 1.00 bits per heavy atom. The quantitative estimate of drug-likeness (QED) is 0.449. The van der Waals surface area contributed by atoms with E-state index < -0.39 is 0 Å². The van der Waals surface area contributed by atoms with E-state index in [4.69, 9.17) is 4.98 Å². The summed E-state index contributed by atoms with van der Waals surface area (Å²) >= 11 is 0. The van der Waals surface area contributed by atoms with E-state index in [9.17, 15) is 4.79 Å². The van der Waals surface area contributed by atoms with Crippen LogP contribution in [0, 0.1) is 18.8 Å². The smallest absolute Gasteiger partial charge is 0.275 e. The van der Waals surface area contributed by atoms with Gasteiger partial charge in [0, 0.05) is 28.9 Å². The monoisotopic (exact) mass is 452 g/mol. The van der Waals surface area contributed by atoms with Gasteiger partial charge in [-0.1, -0.05) is 31.2 Å². The molecule has 3 fully saturated rings. The fourth-order valence-corrected chi connectivity index (χ4v) is 5.72. The molecule has 7 heteroatoms. The summed E-state index contributed by atoms with van der Waals surface area (Å²) in [4.78, 5) is 27.2. The van der Waals surface area contributed by atoms with Gasteiger partial charge in [-0.25, -0.2) is 4.98 Å². The van der Waals surface area contributed by atoms with E-state index in [2.05, 4.69) is 51.3 Å². The van der Waals surface area contributed by atoms with Crippen molar-refractivity contribution in [1.29, 1.82) is 0 Å². The van der Waals surface area contributed by atoms with Gasteiger partial charge in [0.1, 0.15) is 5.69 Å². The highest BCUT2D eigenvalue weighted by Gasteiger charge is 2.50. The summed E-state index contributed by atoms with van der Waals surface area (Å²) in [7, 11) is 0. The number of hydrogen-bond acceptors (Lipinski definition) is 5. The summed E-state index contributed by atoms with van der Waals surface area (Å²) in [6.07, 6.45) is 7.14. The molecule has 172 valence electrons. The molecule has 0 N–H and O–H groups in total. The van der Waals surface area contributed by atoms with Crippen molar-refractivity contribution in [3.05, 3.63) is 78.0 Å². The van der Waals surface area contributed by atoms with Crippen molar-refractivity contribution in [2.24, 2.45) is 11.8 Å². The first-order valence-corrected chi connectivity index (χ1v) is 12.1. The van der Waals surface area contributed by atoms with Crippen molar-refractivity contribution in [2.45, 2.75) is 51.6 Å². The maximum absolute atomic E-state index is 14.0. The van der Waals surface area contributed by atoms with Crippen LogP contribution in [0.3, 0.4) is 0 Å². The zero-order chi connectivity index (χ0) is 23.2. The van der Waals surface area contributed by atoms with Gasteiger partial charge >= 0.3 is 0 Å². The number of aryl methyl sites for hydroxylation is 2. The van der Waals surface area contributed by atoms with Gasteiger partial charge in [0.25, 0.3) is 5.91 Å². The Balaban J connectivity index is 1.30. The van der Waals surface area contributed by atoms with E-state index in [1.54, 1.807) is 12.4 Å². The van der Waals surface area contributed by atoms with Crippen LogP contribution < -0.4 is 0 Å². The molecule has 1 aliphatic carbocycles. The van der Waals surface area contributed by atoms with Crippen molar-refractivity contribution in [2.75, 3.05) is 0 Å². The van der Waals surface area contributed by atoms with E-state index in [1.807, 2.05) is 31.2 Å². The Kier molecular flexibility index (Phi) is 5.12. The Morgan fingerprint density at radius 3 is 2.62 bits per heavy atom. The van der Waals surface area contributed by atoms with Crippen LogP contribution in [0.1, 0.15) is 48.1 Å². The van der Waals surface area contributed by atoms with E-state index in [-0.39, 0.29) is 18.0 Å². The standard InChI is InChI=1S/C27H28N6O/c1-17-7-11-25(33-28-13-14-29-33)26(30-17)27(34)32-22-15-20(16-22)18(2)24(32)12-10-21-9-8-19-5-3-4-6-23(19)31-21/h3-9,11,13-14,18,20,22,24H,10,12,15-16H2,1-2H3/t18-,20?,22?,24?/m1/s1. The van der Waals surface area contributed by atoms with Crippen molar-refractivity contribution in [1.82, 2.24) is 29.9 Å². The van der Waals surface area contributed by atoms with Crippen LogP contribution in [-0.2, 0) is 6.42 Å². The summed E-state index contributed by atoms with van der Waals surface area (Å²) < 4.78 is 0. The Hall–Kier alpha value is -3.61. The van der Waals surface area contributed by atoms with Crippen LogP contribution in [0.15, 0.2) is 60.9 Å². The zero-order valence-corrected chi connectivity index (χ0v) is 19.5. The minimum absolute atomic E-state index is 0.0116. The van der Waals surface area contributed by atoms with Crippen molar-refractivity contribution in [3.63, 3.8) is 0 Å². The number of amides is 1. The molecule has 4 aromatic rings. The molecule has 2 bridgehead atoms. The van der Waals surface area contributed by atoms with Crippen LogP contribution in [-0.4, -0.2) is 47.9 Å². The van der Waals surface area contributed by atoms with E-state index >= 15 is 0 Å². The SMILES string of the molecule is Cc1ccc(-n2nccn2)c(C(=O)N2C3CC(C3)[C@@H](C)C2CCc2ccc3ccccc3n2)n1. The van der Waals surface area contributed by atoms with Gasteiger partial charge < -0.3 is 4.90 Å². The van der Waals surface area contributed by atoms with E-state index in [0.717, 1.165) is 48.0 Å². The largest absolute Gasteiger partial charge is 0.331 e. The molecule has 0 radical (unpaired) electrons. The molecule has 5 heterocycles. The van der Waals surface area contributed by atoms with Crippen LogP contribution in [0.25, 0.3) is 16.6 Å². The molecule has 2 aliphatic heterocycles. The molecule has 1 amide bonds. The van der Waals surface area contributed by atoms with E-state index in [1.165, 1.54) is 4.80 Å². The first kappa shape index (κ1) is 21.0. The third-order valence-corrected chi connectivity index (χ3v) is 7.69. The molecule has 1 saturated carbocycles. The number of hydrogen-bond donors (Lipinski definition) is 0. The first-order valence-electron chi connectivity index (χ1n) is 12.1. The normalized spacial score (nSPS) is 23.6. The molecule has 2 atom stereocenters. The third kappa shape index (κ3) is 3.56. The average molecular weight is 453 g/mol. The lowest BCUT2D eigenvalue weighted by atomic mass is 9.64. The maximum atomic E-state index is 14.0. The number of nitrogens with zero attached hydrogens (tertiary/aromatic N) is 6. The second kappa shape index (κ2) is 8.31. The van der Waals surface area contributed by atoms with Crippen LogP contribution in [0.5, 0.6) is 0 Å². The van der Waals surface area contributed by atoms with Crippen LogP contribution >= 0.6 is 0 Å². The van der Waals surface area contributed by atoms with Crippen LogP contribution in [0.4, 0.5) is 0 Å². The summed E-state index contributed by atoms with van der Waals surface area (Å²) in [5.41, 5.74) is 3.97. The molecule has 0 spiro atoms. The lowest BCUT2D eigenvalue weighted by Crippen LogP contribution is -2.63. The number of fused-ring (bicyclic) bond motifs is 3. The lowest BCUT2D eigenvalue weighted by molar-refractivity contribution is -0.0573. The Labute approximate surface area is 198 Å². The predicted molar refractivity (Wildman–Crippen MR) is 130 cm³/mol. The predicted octanol–water partition coefficient (Wildman–Crippen LogP) is 4.39. The highest BCUT2D eigenvalue weighted by Crippen LogP contribution is 2.48. The Morgan fingerprint density at radius 2 is 1.79 bits per heavy atom. The number of aromatic nitrogens is 5. The Bertz CT molecular complexity index is 1340. The number of pyridine rings is 2. The van der Waals surface area contributed by atoms with Crippen molar-refractivity contribution < 1.29 is 4.79 Å². The summed E-state index contributed by atoms with van der Waals surface area (Å²) in [6.45, 7) is 4.22. The zero-order valence-electron chi connectivity index (χ0n) is 19.5. The summed E-state index contributed by atoms with van der Waals surface area (Å²) in [6, 6.07) is 16.7. The average Bonchev–Trinajstić information content (AvgIpc) is 3.36. The molecule has 3 aliphatic rings. The van der Waals surface area contributed by atoms with Gasteiger partial charge in [-0.3, -0.25) is 9.78 Å². The number of piperidine rings is 2. The second-order valence-corrected chi connectivity index (χ2v) is 9.70. The van der Waals surface area contributed by atoms with Gasteiger partial charge in [0.15, 0.2) is 5.69 Å². The molecule has 3 aromatic heterocycles. The fourth-order valence-electron chi connectivity index (χ4n) is 5.72. The topological polar surface area (TPSA) is 76.8 Å². The first-order chi connectivity index (χ1) is 16.6. The molecular weight excluding hydrogens is 424 g/mol. The van der Waals surface area contributed by atoms with E-state index in [0.29, 0.717) is 23.2 Å². The minimum Gasteiger partial charge on any atom is -0.331 e. The van der Waals surface area contributed by atoms with Gasteiger partial charge in [0.05, 0.1) is 17.9 Å². The number of carbonyl (C=O) groups excluding carboxylic acids is 1. The minimum atomic E-state index is -0.0116. The highest BCUT2D eigenvalue weighted by molar-refractivity contribution is 5.96. The molecule has 1 aromatic carbocycles. The third-order valence-electron chi connectivity index (χ3n) is 7.69. The highest BCUT2D eigenvalue weighted by atomic mass is 16.2. The molecule has 7 nitrogen and oxygen atoms in total. The number of para-hydroxylation sites is 1. The van der Waals surface area contributed by atoms with Gasteiger partial charge in [0.2, 0.25) is 0 Å². The number of carbonyl (C=O) groups is 1. The number of benzene rings is 1. The van der Waals surface area contributed by atoms with Gasteiger partial charge in [-0.05, 0) is 68.7 Å². The maximum Gasteiger partial charge on any atom is 0.275 e. The van der Waals surface area contributed by atoms with Crippen molar-refractivity contribution in [3.8, 4) is 5.69 Å². The fraction of sp³-hybridized carbons (Fsp3) is 0.370. The summed E-state index contributed by atoms with van der Waals surface area (Å²) in [5.74, 6) is 1.13. The van der Waals surface area contributed by atoms with Gasteiger partial charge in [-0.15, -0.1) is 4.80 Å². The van der Waals surface area contributed by atoms with Crippen LogP contribution in [0.2, 0.25) is 0 Å². The molecule has 2 saturated heterocycles. The summed E-state index contributed by atoms with van der Waals surface area (Å²) in [5, 5.41) is 9.66. The molecule has 1 unspecified atom stereocenters. The number of rotatable bonds is 5. The molecular formula is C27H28N6O. The lowest BCUT2D eigenvalue weighted by Gasteiger charge is -2.57. The van der Waals surface area contributed by atoms with Gasteiger partial charge in [-0.2, -0.15) is 10.2 Å². The molecule has 7 rings (SSSR count).